The monoisotopic (exact) mass is 402 g/mol. The summed E-state index contributed by atoms with van der Waals surface area (Å²) in [5.41, 5.74) is 0.288. The van der Waals surface area contributed by atoms with Gasteiger partial charge in [0, 0.05) is 6.42 Å². The van der Waals surface area contributed by atoms with Crippen LogP contribution in [0.3, 0.4) is 0 Å². The molecule has 0 aliphatic carbocycles. The molecule has 0 saturated carbocycles. The largest absolute Gasteiger partial charge is 0.456 e. The third kappa shape index (κ3) is 7.80. The third-order valence-electron chi connectivity index (χ3n) is 2.41. The number of carbonyl (C=O) groups excluding carboxylic acids is 2. The van der Waals surface area contributed by atoms with Gasteiger partial charge in [0.2, 0.25) is 5.91 Å². The molecule has 0 atom stereocenters. The summed E-state index contributed by atoms with van der Waals surface area (Å²) in [6, 6.07) is 4.72. The van der Waals surface area contributed by atoms with E-state index in [4.69, 9.17) is 35.4 Å². The van der Waals surface area contributed by atoms with E-state index >= 15 is 0 Å². The Morgan fingerprint density at radius 3 is 2.29 bits per heavy atom. The minimum Gasteiger partial charge on any atom is -0.456 e. The number of amides is 1. The molecule has 0 aliphatic rings. The van der Waals surface area contributed by atoms with Crippen LogP contribution in [0.4, 0.5) is 18.9 Å². The number of esters is 1. The topological polar surface area (TPSA) is 67.4 Å². The quantitative estimate of drug-likeness (QED) is 0.580. The zero-order chi connectivity index (χ0) is 18.3. The van der Waals surface area contributed by atoms with Crippen LogP contribution >= 0.6 is 35.4 Å². The highest BCUT2D eigenvalue weighted by atomic mass is 35.5. The Morgan fingerprint density at radius 1 is 1.17 bits per heavy atom. The highest BCUT2D eigenvalue weighted by Gasteiger charge is 2.29. The van der Waals surface area contributed by atoms with E-state index in [0.29, 0.717) is 0 Å². The van der Waals surface area contributed by atoms with Crippen LogP contribution in [0.5, 0.6) is 0 Å². The Hall–Kier alpha value is -1.58. The van der Waals surface area contributed by atoms with Crippen molar-refractivity contribution >= 4 is 58.1 Å². The molecule has 0 aromatic heterocycles. The van der Waals surface area contributed by atoms with E-state index in [1.54, 1.807) is 18.2 Å². The minimum absolute atomic E-state index is 0.126. The van der Waals surface area contributed by atoms with Gasteiger partial charge in [-0.05, 0) is 24.4 Å². The number of halogens is 5. The minimum atomic E-state index is -4.61. The van der Waals surface area contributed by atoms with Crippen molar-refractivity contribution in [2.75, 3.05) is 11.9 Å². The molecule has 0 heterocycles. The van der Waals surface area contributed by atoms with Crippen molar-refractivity contribution in [2.24, 2.45) is 0 Å². The van der Waals surface area contributed by atoms with E-state index in [1.165, 1.54) is 0 Å². The number of anilines is 1. The molecule has 1 aromatic carbocycles. The number of nitrogens with one attached hydrogen (secondary N) is 2. The predicted molar refractivity (Wildman–Crippen MR) is 87.1 cm³/mol. The number of thiocarbonyl (C=S) groups is 1. The maximum Gasteiger partial charge on any atom is 0.422 e. The van der Waals surface area contributed by atoms with Crippen molar-refractivity contribution in [2.45, 2.75) is 19.0 Å². The van der Waals surface area contributed by atoms with Gasteiger partial charge in [-0.3, -0.25) is 9.59 Å². The van der Waals surface area contributed by atoms with Gasteiger partial charge < -0.3 is 15.4 Å². The second-order valence-corrected chi connectivity index (χ2v) is 5.60. The molecule has 1 amide bonds. The summed E-state index contributed by atoms with van der Waals surface area (Å²) >= 11 is 16.7. The smallest absolute Gasteiger partial charge is 0.422 e. The molecule has 24 heavy (non-hydrogen) atoms. The Kier molecular flexibility index (Phi) is 7.71. The average molecular weight is 403 g/mol. The number of benzene rings is 1. The van der Waals surface area contributed by atoms with E-state index in [0.717, 1.165) is 0 Å². The number of hydrogen-bond donors (Lipinski definition) is 2. The molecule has 0 saturated heterocycles. The van der Waals surface area contributed by atoms with Gasteiger partial charge in [-0.1, -0.05) is 29.3 Å². The van der Waals surface area contributed by atoms with Gasteiger partial charge in [-0.15, -0.1) is 0 Å². The van der Waals surface area contributed by atoms with Gasteiger partial charge in [0.15, 0.2) is 11.7 Å². The van der Waals surface area contributed by atoms with Gasteiger partial charge >= 0.3 is 12.1 Å². The maximum atomic E-state index is 11.9. The van der Waals surface area contributed by atoms with Crippen LogP contribution in [0.2, 0.25) is 10.0 Å². The Labute approximate surface area is 150 Å². The van der Waals surface area contributed by atoms with Crippen molar-refractivity contribution in [1.29, 1.82) is 0 Å². The van der Waals surface area contributed by atoms with E-state index in [-0.39, 0.29) is 20.8 Å². The number of para-hydroxylation sites is 1. The molecule has 0 fully saturated rings. The molecular formula is C13H11Cl2F3N2O3S. The molecule has 1 rings (SSSR count). The fourth-order valence-corrected chi connectivity index (χ4v) is 2.11. The molecule has 0 unspecified atom stereocenters. The standard InChI is InChI=1S/C13H11Cl2F3N2O3S/c14-7-2-1-3-8(15)11(7)20-12(24)19-9(21)4-5-10(22)23-6-13(16,17)18/h1-3H,4-6H2,(H2,19,20,21,24). The molecular weight excluding hydrogens is 392 g/mol. The molecule has 0 spiro atoms. The molecule has 0 aliphatic heterocycles. The molecule has 2 N–H and O–H groups in total. The molecule has 132 valence electrons. The van der Waals surface area contributed by atoms with Crippen LogP contribution in [0.25, 0.3) is 0 Å². The first-order chi connectivity index (χ1) is 11.1. The predicted octanol–water partition coefficient (Wildman–Crippen LogP) is 3.69. The molecule has 0 bridgehead atoms. The first-order valence-corrected chi connectivity index (χ1v) is 7.52. The van der Waals surface area contributed by atoms with E-state index < -0.39 is 37.5 Å². The van der Waals surface area contributed by atoms with Crippen molar-refractivity contribution in [3.63, 3.8) is 0 Å². The lowest BCUT2D eigenvalue weighted by Crippen LogP contribution is -2.34. The highest BCUT2D eigenvalue weighted by molar-refractivity contribution is 7.80. The van der Waals surface area contributed by atoms with Crippen LogP contribution in [0.1, 0.15) is 12.8 Å². The number of hydrogen-bond acceptors (Lipinski definition) is 4. The molecule has 1 aromatic rings. The zero-order valence-electron chi connectivity index (χ0n) is 11.9. The lowest BCUT2D eigenvalue weighted by molar-refractivity contribution is -0.186. The Morgan fingerprint density at radius 2 is 1.75 bits per heavy atom. The Bertz CT molecular complexity index is 621. The third-order valence-corrected chi connectivity index (χ3v) is 3.24. The van der Waals surface area contributed by atoms with E-state index in [1.807, 2.05) is 0 Å². The van der Waals surface area contributed by atoms with Crippen LogP contribution in [0, 0.1) is 0 Å². The summed E-state index contributed by atoms with van der Waals surface area (Å²) in [6.07, 6.45) is -5.52. The second-order valence-electron chi connectivity index (χ2n) is 4.37. The summed E-state index contributed by atoms with van der Waals surface area (Å²) in [5.74, 6) is -1.82. The van der Waals surface area contributed by atoms with Gasteiger partial charge in [-0.2, -0.15) is 13.2 Å². The number of carbonyl (C=O) groups is 2. The van der Waals surface area contributed by atoms with Gasteiger partial charge in [0.1, 0.15) is 0 Å². The van der Waals surface area contributed by atoms with Crippen LogP contribution in [0.15, 0.2) is 18.2 Å². The normalized spacial score (nSPS) is 10.9. The molecule has 0 radical (unpaired) electrons. The van der Waals surface area contributed by atoms with E-state index in [2.05, 4.69) is 15.4 Å². The first-order valence-electron chi connectivity index (χ1n) is 6.35. The summed E-state index contributed by atoms with van der Waals surface area (Å²) in [7, 11) is 0. The van der Waals surface area contributed by atoms with Crippen molar-refractivity contribution in [3.05, 3.63) is 28.2 Å². The lowest BCUT2D eigenvalue weighted by Gasteiger charge is -2.12. The number of ether oxygens (including phenoxy) is 1. The van der Waals surface area contributed by atoms with Crippen LogP contribution in [-0.2, 0) is 14.3 Å². The fraction of sp³-hybridized carbons (Fsp3) is 0.308. The van der Waals surface area contributed by atoms with Gasteiger partial charge in [-0.25, -0.2) is 0 Å². The van der Waals surface area contributed by atoms with Crippen molar-refractivity contribution in [3.8, 4) is 0 Å². The maximum absolute atomic E-state index is 11.9. The van der Waals surface area contributed by atoms with Gasteiger partial charge in [0.05, 0.1) is 22.2 Å². The highest BCUT2D eigenvalue weighted by Crippen LogP contribution is 2.29. The van der Waals surface area contributed by atoms with Crippen molar-refractivity contribution < 1.29 is 27.5 Å². The summed E-state index contributed by atoms with van der Waals surface area (Å²) in [5, 5.41) is 5.28. The van der Waals surface area contributed by atoms with E-state index in [9.17, 15) is 22.8 Å². The number of alkyl halides is 3. The summed E-state index contributed by atoms with van der Waals surface area (Å²) < 4.78 is 39.5. The Balaban J connectivity index is 2.40. The zero-order valence-corrected chi connectivity index (χ0v) is 14.2. The molecule has 5 nitrogen and oxygen atoms in total. The fourth-order valence-electron chi connectivity index (χ4n) is 1.40. The number of rotatable bonds is 5. The lowest BCUT2D eigenvalue weighted by atomic mass is 10.3. The SMILES string of the molecule is O=C(CCC(=O)OCC(F)(F)F)NC(=S)Nc1c(Cl)cccc1Cl. The first kappa shape index (κ1) is 20.5. The summed E-state index contributed by atoms with van der Waals surface area (Å²) in [4.78, 5) is 22.7. The van der Waals surface area contributed by atoms with Crippen molar-refractivity contribution in [1.82, 2.24) is 5.32 Å². The molecule has 11 heteroatoms. The van der Waals surface area contributed by atoms with Crippen LogP contribution < -0.4 is 10.6 Å². The van der Waals surface area contributed by atoms with Gasteiger partial charge in [0.25, 0.3) is 0 Å². The summed E-state index contributed by atoms with van der Waals surface area (Å²) in [6.45, 7) is -1.70. The second kappa shape index (κ2) is 9.05. The van der Waals surface area contributed by atoms with Crippen LogP contribution in [-0.4, -0.2) is 29.8 Å². The average Bonchev–Trinajstić information content (AvgIpc) is 2.46.